The van der Waals surface area contributed by atoms with Crippen LogP contribution in [0.25, 0.3) is 0 Å². The number of methoxy groups -OCH3 is 2. The van der Waals surface area contributed by atoms with Crippen LogP contribution >= 0.6 is 0 Å². The number of rotatable bonds is 10. The molecule has 0 aromatic rings. The lowest BCUT2D eigenvalue weighted by Crippen LogP contribution is -2.54. The molecular weight excluding hydrogens is 244 g/mol. The lowest BCUT2D eigenvalue weighted by Gasteiger charge is -2.34. The third-order valence-corrected chi connectivity index (χ3v) is 3.51. The molecule has 0 aromatic heterocycles. The van der Waals surface area contributed by atoms with Gasteiger partial charge in [0.1, 0.15) is 5.54 Å². The van der Waals surface area contributed by atoms with Gasteiger partial charge in [-0.25, -0.2) is 0 Å². The molecular formula is C14H30N2O3. The number of carbonyl (C=O) groups is 1. The third-order valence-electron chi connectivity index (χ3n) is 3.51. The topological polar surface area (TPSA) is 50.8 Å². The number of esters is 1. The van der Waals surface area contributed by atoms with Crippen LogP contribution in [0.4, 0.5) is 0 Å². The summed E-state index contributed by atoms with van der Waals surface area (Å²) in [6, 6.07) is 0.267. The monoisotopic (exact) mass is 274 g/mol. The van der Waals surface area contributed by atoms with Crippen molar-refractivity contribution in [1.82, 2.24) is 10.2 Å². The van der Waals surface area contributed by atoms with Crippen LogP contribution in [0.1, 0.15) is 33.6 Å². The molecule has 2 atom stereocenters. The molecule has 0 spiro atoms. The van der Waals surface area contributed by atoms with E-state index in [9.17, 15) is 4.79 Å². The van der Waals surface area contributed by atoms with Gasteiger partial charge in [0, 0.05) is 19.7 Å². The molecule has 5 nitrogen and oxygen atoms in total. The van der Waals surface area contributed by atoms with Crippen molar-refractivity contribution in [1.29, 1.82) is 0 Å². The van der Waals surface area contributed by atoms with Crippen molar-refractivity contribution in [2.75, 3.05) is 41.0 Å². The summed E-state index contributed by atoms with van der Waals surface area (Å²) in [6.07, 6.45) is 1.69. The molecule has 1 N–H and O–H groups in total. The number of nitrogens with zero attached hydrogens (tertiary/aromatic N) is 1. The van der Waals surface area contributed by atoms with E-state index in [1.165, 1.54) is 7.11 Å². The van der Waals surface area contributed by atoms with Gasteiger partial charge in [-0.2, -0.15) is 0 Å². The number of ether oxygens (including phenoxy) is 2. The van der Waals surface area contributed by atoms with E-state index < -0.39 is 5.54 Å². The van der Waals surface area contributed by atoms with Gasteiger partial charge < -0.3 is 19.7 Å². The van der Waals surface area contributed by atoms with Crippen LogP contribution in [0.3, 0.4) is 0 Å². The maximum absolute atomic E-state index is 12.0. The minimum Gasteiger partial charge on any atom is -0.468 e. The summed E-state index contributed by atoms with van der Waals surface area (Å²) in [7, 11) is 5.18. The Kier molecular flexibility index (Phi) is 8.97. The van der Waals surface area contributed by atoms with Gasteiger partial charge in [-0.3, -0.25) is 4.79 Å². The van der Waals surface area contributed by atoms with Crippen molar-refractivity contribution in [3.8, 4) is 0 Å². The number of hydrogen-bond acceptors (Lipinski definition) is 5. The van der Waals surface area contributed by atoms with E-state index in [-0.39, 0.29) is 12.0 Å². The molecule has 0 bridgehead atoms. The zero-order valence-electron chi connectivity index (χ0n) is 13.3. The smallest absolute Gasteiger partial charge is 0.325 e. The summed E-state index contributed by atoms with van der Waals surface area (Å²) in [5.74, 6) is -0.201. The van der Waals surface area contributed by atoms with Gasteiger partial charge in [0.05, 0.1) is 13.7 Å². The van der Waals surface area contributed by atoms with E-state index >= 15 is 0 Å². The van der Waals surface area contributed by atoms with Gasteiger partial charge in [-0.05, 0) is 40.3 Å². The molecule has 0 heterocycles. The SMILES string of the molecule is CCCNC(C)(CC(C)N(C)CCOC)C(=O)OC. The second-order valence-corrected chi connectivity index (χ2v) is 5.28. The van der Waals surface area contributed by atoms with Gasteiger partial charge in [-0.1, -0.05) is 6.92 Å². The number of carbonyl (C=O) groups excluding carboxylic acids is 1. The molecule has 19 heavy (non-hydrogen) atoms. The van der Waals surface area contributed by atoms with Gasteiger partial charge in [-0.15, -0.1) is 0 Å². The van der Waals surface area contributed by atoms with E-state index in [0.29, 0.717) is 13.0 Å². The maximum atomic E-state index is 12.0. The van der Waals surface area contributed by atoms with Crippen LogP contribution in [0.15, 0.2) is 0 Å². The van der Waals surface area contributed by atoms with Crippen molar-refractivity contribution in [2.45, 2.75) is 45.2 Å². The standard InChI is InChI=1S/C14H30N2O3/c1-7-8-15-14(3,13(17)19-6)11-12(2)16(4)9-10-18-5/h12,15H,7-11H2,1-6H3. The van der Waals surface area contributed by atoms with Crippen LogP contribution in [0.2, 0.25) is 0 Å². The Balaban J connectivity index is 4.57. The first-order valence-electron chi connectivity index (χ1n) is 6.93. The highest BCUT2D eigenvalue weighted by atomic mass is 16.5. The fourth-order valence-corrected chi connectivity index (χ4v) is 2.06. The summed E-state index contributed by atoms with van der Waals surface area (Å²) < 4.78 is 10.0. The van der Waals surface area contributed by atoms with E-state index in [2.05, 4.69) is 24.1 Å². The molecule has 114 valence electrons. The molecule has 0 aliphatic rings. The lowest BCUT2D eigenvalue weighted by molar-refractivity contribution is -0.148. The quantitative estimate of drug-likeness (QED) is 0.608. The van der Waals surface area contributed by atoms with Gasteiger partial charge in [0.2, 0.25) is 0 Å². The number of nitrogens with one attached hydrogen (secondary N) is 1. The van der Waals surface area contributed by atoms with Crippen molar-refractivity contribution >= 4 is 5.97 Å². The first-order valence-corrected chi connectivity index (χ1v) is 6.93. The van der Waals surface area contributed by atoms with Crippen molar-refractivity contribution < 1.29 is 14.3 Å². The molecule has 0 fully saturated rings. The molecule has 0 aliphatic carbocycles. The fraction of sp³-hybridized carbons (Fsp3) is 0.929. The van der Waals surface area contributed by atoms with Crippen LogP contribution in [0, 0.1) is 0 Å². The Bertz CT molecular complexity index is 261. The summed E-state index contributed by atoms with van der Waals surface area (Å²) in [4.78, 5) is 14.2. The van der Waals surface area contributed by atoms with E-state index in [1.54, 1.807) is 7.11 Å². The molecule has 0 radical (unpaired) electrons. The maximum Gasteiger partial charge on any atom is 0.325 e. The van der Waals surface area contributed by atoms with Crippen molar-refractivity contribution in [3.63, 3.8) is 0 Å². The molecule has 0 saturated heterocycles. The Hall–Kier alpha value is -0.650. The highest BCUT2D eigenvalue weighted by Crippen LogP contribution is 2.17. The zero-order valence-corrected chi connectivity index (χ0v) is 13.3. The molecule has 2 unspecified atom stereocenters. The average Bonchev–Trinajstić information content (AvgIpc) is 2.41. The summed E-state index contributed by atoms with van der Waals surface area (Å²) in [5, 5.41) is 3.31. The molecule has 0 aliphatic heterocycles. The molecule has 0 amide bonds. The van der Waals surface area contributed by atoms with Crippen molar-refractivity contribution in [2.24, 2.45) is 0 Å². The fourth-order valence-electron chi connectivity index (χ4n) is 2.06. The summed E-state index contributed by atoms with van der Waals surface area (Å²) >= 11 is 0. The predicted octanol–water partition coefficient (Wildman–Crippen LogP) is 1.27. The minimum atomic E-state index is -0.633. The first-order chi connectivity index (χ1) is 8.91. The lowest BCUT2D eigenvalue weighted by atomic mass is 9.92. The summed E-state index contributed by atoms with van der Waals surface area (Å²) in [5.41, 5.74) is -0.633. The van der Waals surface area contributed by atoms with E-state index in [4.69, 9.17) is 9.47 Å². The number of likely N-dealkylation sites (N-methyl/N-ethyl adjacent to an activating group) is 1. The predicted molar refractivity (Wildman–Crippen MR) is 77.3 cm³/mol. The molecule has 5 heteroatoms. The Morgan fingerprint density at radius 2 is 2.05 bits per heavy atom. The molecule has 0 aromatic carbocycles. The highest BCUT2D eigenvalue weighted by Gasteiger charge is 2.35. The second-order valence-electron chi connectivity index (χ2n) is 5.28. The van der Waals surface area contributed by atoms with Gasteiger partial charge in [0.25, 0.3) is 0 Å². The minimum absolute atomic E-state index is 0.201. The van der Waals surface area contributed by atoms with Crippen molar-refractivity contribution in [3.05, 3.63) is 0 Å². The Morgan fingerprint density at radius 1 is 1.42 bits per heavy atom. The third kappa shape index (κ3) is 6.36. The second kappa shape index (κ2) is 9.28. The zero-order chi connectivity index (χ0) is 14.9. The highest BCUT2D eigenvalue weighted by molar-refractivity contribution is 5.80. The average molecular weight is 274 g/mol. The van der Waals surface area contributed by atoms with Crippen LogP contribution < -0.4 is 5.32 Å². The largest absolute Gasteiger partial charge is 0.468 e. The van der Waals surface area contributed by atoms with Gasteiger partial charge >= 0.3 is 5.97 Å². The Morgan fingerprint density at radius 3 is 2.53 bits per heavy atom. The van der Waals surface area contributed by atoms with Crippen LogP contribution in [-0.2, 0) is 14.3 Å². The van der Waals surface area contributed by atoms with Crippen LogP contribution in [-0.4, -0.2) is 63.4 Å². The molecule has 0 saturated carbocycles. The van der Waals surface area contributed by atoms with Crippen LogP contribution in [0.5, 0.6) is 0 Å². The first kappa shape index (κ1) is 18.4. The normalized spacial score (nSPS) is 16.2. The number of hydrogen-bond donors (Lipinski definition) is 1. The Labute approximate surface area is 117 Å². The molecule has 0 rings (SSSR count). The van der Waals surface area contributed by atoms with E-state index in [0.717, 1.165) is 19.5 Å². The van der Waals surface area contributed by atoms with E-state index in [1.807, 2.05) is 14.0 Å². The van der Waals surface area contributed by atoms with Gasteiger partial charge in [0.15, 0.2) is 0 Å². The summed E-state index contributed by atoms with van der Waals surface area (Å²) in [6.45, 7) is 8.46.